The number of hydrogen-bond acceptors (Lipinski definition) is 6. The fraction of sp³-hybridized carbons (Fsp3) is 0.605. The lowest BCUT2D eigenvalue weighted by molar-refractivity contribution is -0.121. The number of halogens is 1. The topological polar surface area (TPSA) is 96.4 Å². The van der Waals surface area contributed by atoms with Crippen LogP contribution in [0.2, 0.25) is 0 Å². The van der Waals surface area contributed by atoms with Crippen LogP contribution in [0.5, 0.6) is 0 Å². The predicted molar refractivity (Wildman–Crippen MR) is 196 cm³/mol. The van der Waals surface area contributed by atoms with E-state index >= 15 is 0 Å². The highest BCUT2D eigenvalue weighted by Crippen LogP contribution is 2.28. The maximum absolute atomic E-state index is 13.3. The molecule has 2 aliphatic rings. The van der Waals surface area contributed by atoms with Crippen LogP contribution in [0.3, 0.4) is 0 Å². The number of hydrogen-bond donors (Lipinski definition) is 1. The first-order valence-electron chi connectivity index (χ1n) is 17.4. The van der Waals surface area contributed by atoms with Crippen LogP contribution in [0.15, 0.2) is 36.5 Å². The second kappa shape index (κ2) is 25.0. The number of nitrogens with zero attached hydrogens (tertiary/aromatic N) is 2. The van der Waals surface area contributed by atoms with Crippen LogP contribution < -0.4 is 10.2 Å². The maximum atomic E-state index is 13.3. The Hall–Kier alpha value is -3.07. The van der Waals surface area contributed by atoms with Gasteiger partial charge in [0.15, 0.2) is 11.6 Å². The number of thioether (sulfide) groups is 1. The molecule has 1 aromatic heterocycles. The van der Waals surface area contributed by atoms with Crippen LogP contribution in [0.1, 0.15) is 140 Å². The molecule has 1 saturated heterocycles. The lowest BCUT2D eigenvalue weighted by Crippen LogP contribution is -2.42. The van der Waals surface area contributed by atoms with E-state index in [4.69, 9.17) is 0 Å². The molecule has 0 bridgehead atoms. The van der Waals surface area contributed by atoms with E-state index in [-0.39, 0.29) is 40.8 Å². The lowest BCUT2D eigenvalue weighted by Gasteiger charge is -2.33. The van der Waals surface area contributed by atoms with Crippen LogP contribution in [-0.2, 0) is 16.0 Å². The number of ketones is 2. The lowest BCUT2D eigenvalue weighted by atomic mass is 9.87. The molecule has 0 spiro atoms. The summed E-state index contributed by atoms with van der Waals surface area (Å²) in [4.78, 5) is 51.3. The number of aromatic nitrogens is 1. The third kappa shape index (κ3) is 16.1. The Labute approximate surface area is 288 Å². The van der Waals surface area contributed by atoms with Crippen molar-refractivity contribution < 1.29 is 23.6 Å². The van der Waals surface area contributed by atoms with Gasteiger partial charge < -0.3 is 5.32 Å². The van der Waals surface area contributed by atoms with Crippen molar-refractivity contribution in [3.63, 3.8) is 0 Å². The van der Waals surface area contributed by atoms with Gasteiger partial charge in [-0.25, -0.2) is 9.37 Å². The molecule has 2 heterocycles. The standard InChI is InChI=1S/C14H17FN2O2S.C10H19NO.C10H12O.2C2H6/c1-9(18)13-7-11(15)8-16-14(13)17(10(2)19)12-3-5-20-6-4-12;1-3-10(12)11-9-6-4-8(2)5-7-9;1-3-9-6-4-5-7-10(9)8(2)11;2*1-2/h7-8,12H,3-6H2,1-2H3;8-9H,3-7H2,1-2H3,(H,11,12);4-7H,3H2,1-2H3;2*1-2H3. The third-order valence-corrected chi connectivity index (χ3v) is 8.86. The smallest absolute Gasteiger partial charge is 0.225 e. The molecule has 0 atom stereocenters. The quantitative estimate of drug-likeness (QED) is 0.294. The molecule has 1 N–H and O–H groups in total. The molecule has 2 aromatic rings. The molecule has 1 aliphatic carbocycles. The van der Waals surface area contributed by atoms with Gasteiger partial charge >= 0.3 is 0 Å². The first-order valence-corrected chi connectivity index (χ1v) is 18.6. The molecular formula is C38H60FN3O4S. The Morgan fingerprint density at radius 1 is 0.872 bits per heavy atom. The first kappa shape index (κ1) is 43.9. The monoisotopic (exact) mass is 673 g/mol. The largest absolute Gasteiger partial charge is 0.353 e. The molecule has 0 radical (unpaired) electrons. The minimum atomic E-state index is -0.568. The predicted octanol–water partition coefficient (Wildman–Crippen LogP) is 9.27. The number of rotatable bonds is 7. The van der Waals surface area contributed by atoms with Crippen LogP contribution in [0, 0.1) is 11.7 Å². The molecule has 0 unspecified atom stereocenters. The first-order chi connectivity index (χ1) is 22.5. The Morgan fingerprint density at radius 2 is 1.43 bits per heavy atom. The Bertz CT molecular complexity index is 1230. The molecular weight excluding hydrogens is 614 g/mol. The van der Waals surface area contributed by atoms with Gasteiger partial charge in [0.25, 0.3) is 0 Å². The van der Waals surface area contributed by atoms with Crippen LogP contribution in [0.4, 0.5) is 10.2 Å². The van der Waals surface area contributed by atoms with E-state index in [9.17, 15) is 23.6 Å². The van der Waals surface area contributed by atoms with E-state index in [1.54, 1.807) is 11.8 Å². The molecule has 4 rings (SSSR count). The average Bonchev–Trinajstić information content (AvgIpc) is 3.09. The normalized spacial score (nSPS) is 16.9. The minimum absolute atomic E-state index is 0.0322. The van der Waals surface area contributed by atoms with Gasteiger partial charge in [0.2, 0.25) is 11.8 Å². The zero-order chi connectivity index (χ0) is 35.9. The van der Waals surface area contributed by atoms with E-state index < -0.39 is 5.82 Å². The van der Waals surface area contributed by atoms with E-state index in [1.807, 2.05) is 70.6 Å². The summed E-state index contributed by atoms with van der Waals surface area (Å²) >= 11 is 1.85. The summed E-state index contributed by atoms with van der Waals surface area (Å²) in [6.45, 7) is 18.7. The van der Waals surface area contributed by atoms with Gasteiger partial charge in [-0.2, -0.15) is 11.8 Å². The van der Waals surface area contributed by atoms with Crippen LogP contribution >= 0.6 is 11.8 Å². The van der Waals surface area contributed by atoms with E-state index in [2.05, 4.69) is 24.1 Å². The van der Waals surface area contributed by atoms with Crippen molar-refractivity contribution in [1.29, 1.82) is 0 Å². The zero-order valence-electron chi connectivity index (χ0n) is 30.6. The average molecular weight is 674 g/mol. The van der Waals surface area contributed by atoms with E-state index in [0.717, 1.165) is 60.1 Å². The number of benzene rings is 1. The molecule has 264 valence electrons. The number of aryl methyl sites for hydroxylation is 1. The molecule has 1 saturated carbocycles. The molecule has 2 amide bonds. The fourth-order valence-electron chi connectivity index (χ4n) is 5.31. The summed E-state index contributed by atoms with van der Waals surface area (Å²) in [5.41, 5.74) is 2.16. The second-order valence-corrected chi connectivity index (χ2v) is 12.5. The number of Topliss-reactive ketones (excluding diaryl/α,β-unsaturated/α-hetero) is 2. The SMILES string of the molecule is CC.CC.CC(=O)c1cc(F)cnc1N(C(C)=O)C1CCSCC1.CCC(=O)NC1CCC(C)CC1.CCc1ccccc1C(C)=O. The van der Waals surface area contributed by atoms with Gasteiger partial charge in [-0.1, -0.05) is 72.7 Å². The van der Waals surface area contributed by atoms with Crippen molar-refractivity contribution in [2.24, 2.45) is 5.92 Å². The van der Waals surface area contributed by atoms with Crippen molar-refractivity contribution in [3.8, 4) is 0 Å². The summed E-state index contributed by atoms with van der Waals surface area (Å²) in [5, 5.41) is 3.05. The summed E-state index contributed by atoms with van der Waals surface area (Å²) in [6.07, 6.45) is 9.21. The van der Waals surface area contributed by atoms with E-state index in [0.29, 0.717) is 12.5 Å². The highest BCUT2D eigenvalue weighted by molar-refractivity contribution is 7.99. The number of carbonyl (C=O) groups is 4. The zero-order valence-corrected chi connectivity index (χ0v) is 31.4. The van der Waals surface area contributed by atoms with Crippen molar-refractivity contribution in [2.45, 2.75) is 133 Å². The summed E-state index contributed by atoms with van der Waals surface area (Å²) in [5.74, 6) is 2.43. The molecule has 1 aliphatic heterocycles. The van der Waals surface area contributed by atoms with Gasteiger partial charge in [0, 0.05) is 31.0 Å². The minimum Gasteiger partial charge on any atom is -0.353 e. The van der Waals surface area contributed by atoms with Gasteiger partial charge in [0.05, 0.1) is 11.8 Å². The number of amides is 2. The van der Waals surface area contributed by atoms with Crippen molar-refractivity contribution in [3.05, 3.63) is 59.0 Å². The van der Waals surface area contributed by atoms with Gasteiger partial charge in [0.1, 0.15) is 11.6 Å². The molecule has 47 heavy (non-hydrogen) atoms. The van der Waals surface area contributed by atoms with Crippen LogP contribution in [0.25, 0.3) is 0 Å². The summed E-state index contributed by atoms with van der Waals surface area (Å²) in [7, 11) is 0. The number of nitrogens with one attached hydrogen (secondary N) is 1. The third-order valence-electron chi connectivity index (χ3n) is 7.82. The maximum Gasteiger partial charge on any atom is 0.225 e. The Kier molecular flexibility index (Phi) is 23.4. The fourth-order valence-corrected chi connectivity index (χ4v) is 6.39. The van der Waals surface area contributed by atoms with Crippen molar-refractivity contribution >= 4 is 41.0 Å². The summed E-state index contributed by atoms with van der Waals surface area (Å²) in [6, 6.07) is 9.38. The highest BCUT2D eigenvalue weighted by Gasteiger charge is 2.28. The van der Waals surface area contributed by atoms with Gasteiger partial charge in [-0.3, -0.25) is 24.1 Å². The molecule has 9 heteroatoms. The number of pyridine rings is 1. The highest BCUT2D eigenvalue weighted by atomic mass is 32.2. The van der Waals surface area contributed by atoms with Crippen molar-refractivity contribution in [1.82, 2.24) is 10.3 Å². The van der Waals surface area contributed by atoms with E-state index in [1.165, 1.54) is 39.5 Å². The second-order valence-electron chi connectivity index (χ2n) is 11.3. The number of anilines is 1. The van der Waals surface area contributed by atoms with Gasteiger partial charge in [-0.15, -0.1) is 0 Å². The molecule has 7 nitrogen and oxygen atoms in total. The number of carbonyl (C=O) groups excluding carboxylic acids is 4. The van der Waals surface area contributed by atoms with Gasteiger partial charge in [-0.05, 0) is 87.8 Å². The summed E-state index contributed by atoms with van der Waals surface area (Å²) < 4.78 is 13.3. The van der Waals surface area contributed by atoms with Crippen LogP contribution in [-0.4, -0.2) is 52.0 Å². The Balaban J connectivity index is 0.000000676. The van der Waals surface area contributed by atoms with Crippen molar-refractivity contribution in [2.75, 3.05) is 16.4 Å². The Morgan fingerprint density at radius 3 is 1.89 bits per heavy atom. The molecule has 2 fully saturated rings. The molecule has 1 aromatic carbocycles.